The Hall–Kier alpha value is -2.71. The Kier molecular flexibility index (Phi) is 5.65. The number of hydrogen-bond acceptors (Lipinski definition) is 7. The number of hydrogen-bond donors (Lipinski definition) is 1. The van der Waals surface area contributed by atoms with Gasteiger partial charge in [-0.1, -0.05) is 11.6 Å². The van der Waals surface area contributed by atoms with Crippen molar-refractivity contribution in [2.75, 3.05) is 22.8 Å². The van der Waals surface area contributed by atoms with Crippen molar-refractivity contribution >= 4 is 55.4 Å². The number of sulfonamides is 1. The number of alkyl halides is 3. The fourth-order valence-electron chi connectivity index (χ4n) is 3.03. The second-order valence-corrected chi connectivity index (χ2v) is 10.4. The molecule has 1 aliphatic rings. The van der Waals surface area contributed by atoms with Crippen LogP contribution in [0.3, 0.4) is 0 Å². The van der Waals surface area contributed by atoms with Crippen molar-refractivity contribution in [1.29, 1.82) is 0 Å². The number of nitrogens with zero attached hydrogens (tertiary/aromatic N) is 3. The molecule has 3 heterocycles. The molecule has 0 fully saturated rings. The lowest BCUT2D eigenvalue weighted by Crippen LogP contribution is -2.44. The van der Waals surface area contributed by atoms with Gasteiger partial charge in [0.05, 0.1) is 12.2 Å². The van der Waals surface area contributed by atoms with Gasteiger partial charge in [-0.2, -0.15) is 21.6 Å². The van der Waals surface area contributed by atoms with Crippen molar-refractivity contribution in [2.45, 2.75) is 30.7 Å². The molecule has 2 aromatic heterocycles. The first-order valence-electron chi connectivity index (χ1n) is 9.28. The van der Waals surface area contributed by atoms with Crippen LogP contribution in [0.25, 0.3) is 4.96 Å². The summed E-state index contributed by atoms with van der Waals surface area (Å²) in [6.45, 7) is 1.40. The van der Waals surface area contributed by atoms with Crippen LogP contribution >= 0.6 is 22.9 Å². The van der Waals surface area contributed by atoms with Crippen LogP contribution < -0.4 is 14.4 Å². The lowest BCUT2D eigenvalue weighted by molar-refractivity contribution is -0.242. The smallest absolute Gasteiger partial charge is 0.427 e. The molecule has 0 bridgehead atoms. The van der Waals surface area contributed by atoms with E-state index in [1.165, 1.54) is 40.1 Å². The maximum atomic E-state index is 13.5. The molecule has 0 aliphatic carbocycles. The molecule has 0 radical (unpaired) electrons. The predicted octanol–water partition coefficient (Wildman–Crippen LogP) is 4.53. The number of carbonyl (C=O) groups excluding carboxylic acids is 1. The summed E-state index contributed by atoms with van der Waals surface area (Å²) in [7, 11) is -4.22. The van der Waals surface area contributed by atoms with E-state index >= 15 is 0 Å². The van der Waals surface area contributed by atoms with Crippen LogP contribution in [0.1, 0.15) is 13.8 Å². The molecule has 0 saturated carbocycles. The molecule has 178 valence electrons. The Morgan fingerprint density at radius 3 is 2.76 bits per heavy atom. The maximum Gasteiger partial charge on any atom is 0.427 e. The van der Waals surface area contributed by atoms with Gasteiger partial charge in [-0.25, -0.2) is 9.78 Å². The molecular formula is C18H16ClF3N4O5S2. The number of thiazole rings is 1. The van der Waals surface area contributed by atoms with E-state index in [9.17, 15) is 26.4 Å². The summed E-state index contributed by atoms with van der Waals surface area (Å²) in [6, 6.07) is 3.99. The van der Waals surface area contributed by atoms with E-state index in [-0.39, 0.29) is 40.5 Å². The largest absolute Gasteiger partial charge is 0.489 e. The van der Waals surface area contributed by atoms with Gasteiger partial charge in [0.2, 0.25) is 5.60 Å². The number of anilines is 2. The van der Waals surface area contributed by atoms with Gasteiger partial charge in [0.1, 0.15) is 12.4 Å². The van der Waals surface area contributed by atoms with Gasteiger partial charge in [-0.3, -0.25) is 14.0 Å². The van der Waals surface area contributed by atoms with Gasteiger partial charge >= 0.3 is 12.3 Å². The number of halogens is 4. The normalized spacial score (nSPS) is 14.7. The highest BCUT2D eigenvalue weighted by Gasteiger charge is 2.51. The van der Waals surface area contributed by atoms with E-state index < -0.39 is 27.9 Å². The van der Waals surface area contributed by atoms with E-state index in [4.69, 9.17) is 16.3 Å². The zero-order valence-electron chi connectivity index (χ0n) is 17.0. The Labute approximate surface area is 194 Å². The van der Waals surface area contributed by atoms with Crippen LogP contribution in [0, 0.1) is 0 Å². The molecule has 33 heavy (non-hydrogen) atoms. The van der Waals surface area contributed by atoms with Crippen LogP contribution in [0.15, 0.2) is 34.8 Å². The quantitative estimate of drug-likeness (QED) is 0.538. The second kappa shape index (κ2) is 7.95. The van der Waals surface area contributed by atoms with Crippen LogP contribution in [0.2, 0.25) is 5.15 Å². The van der Waals surface area contributed by atoms with Crippen molar-refractivity contribution < 1.29 is 35.9 Å². The summed E-state index contributed by atoms with van der Waals surface area (Å²) < 4.78 is 78.3. The summed E-state index contributed by atoms with van der Waals surface area (Å²) >= 11 is 7.31. The predicted molar refractivity (Wildman–Crippen MR) is 115 cm³/mol. The number of fused-ring (bicyclic) bond motifs is 2. The molecule has 1 N–H and O–H groups in total. The number of carbonyl (C=O) groups is 1. The maximum absolute atomic E-state index is 13.5. The Bertz CT molecular complexity index is 1340. The van der Waals surface area contributed by atoms with Crippen molar-refractivity contribution in [3.05, 3.63) is 34.9 Å². The first-order chi connectivity index (χ1) is 15.3. The molecular weight excluding hydrogens is 509 g/mol. The third-order valence-corrected chi connectivity index (χ3v) is 7.74. The van der Waals surface area contributed by atoms with Crippen molar-refractivity contribution in [2.24, 2.45) is 0 Å². The first-order valence-corrected chi connectivity index (χ1v) is 12.0. The van der Waals surface area contributed by atoms with Gasteiger partial charge in [0, 0.05) is 17.3 Å². The zero-order valence-corrected chi connectivity index (χ0v) is 19.4. The van der Waals surface area contributed by atoms with Gasteiger partial charge in [-0.05, 0) is 32.0 Å². The molecule has 1 aromatic carbocycles. The number of nitrogens with one attached hydrogen (secondary N) is 1. The average Bonchev–Trinajstić information content (AvgIpc) is 3.25. The van der Waals surface area contributed by atoms with Gasteiger partial charge < -0.3 is 9.47 Å². The van der Waals surface area contributed by atoms with Gasteiger partial charge in [-0.15, -0.1) is 11.3 Å². The van der Waals surface area contributed by atoms with E-state index in [1.807, 2.05) is 0 Å². The average molecular weight is 525 g/mol. The second-order valence-electron chi connectivity index (χ2n) is 7.39. The minimum absolute atomic E-state index is 0.00230. The first kappa shape index (κ1) is 23.4. The van der Waals surface area contributed by atoms with Crippen molar-refractivity contribution in [3.8, 4) is 5.75 Å². The van der Waals surface area contributed by atoms with Crippen LogP contribution in [-0.2, 0) is 14.8 Å². The zero-order chi connectivity index (χ0) is 24.2. The number of aromatic nitrogens is 2. The minimum atomic E-state index is -4.78. The van der Waals surface area contributed by atoms with Crippen LogP contribution in [0.5, 0.6) is 5.75 Å². The number of rotatable bonds is 4. The highest BCUT2D eigenvalue weighted by atomic mass is 35.5. The minimum Gasteiger partial charge on any atom is -0.489 e. The molecule has 1 amide bonds. The lowest BCUT2D eigenvalue weighted by Gasteiger charge is -2.31. The standard InChI is InChI=1S/C18H16ClF3N4O5S2/c1-17(2,18(20,21)22)31-16(27)23-10-3-4-12-11(9-10)26(5-7-30-12)33(28,29)14-13(19)24-15-25(14)6-8-32-15/h3-4,6,8-9H,5,7H2,1-2H3,(H,23,27). The molecule has 0 saturated heterocycles. The molecule has 4 rings (SSSR count). The lowest BCUT2D eigenvalue weighted by atomic mass is 10.1. The molecule has 9 nitrogen and oxygen atoms in total. The summed E-state index contributed by atoms with van der Waals surface area (Å²) in [6.07, 6.45) is -4.62. The number of ether oxygens (including phenoxy) is 2. The molecule has 3 aromatic rings. The van der Waals surface area contributed by atoms with E-state index in [1.54, 1.807) is 5.38 Å². The van der Waals surface area contributed by atoms with Crippen LogP contribution in [-0.4, -0.2) is 48.8 Å². The topological polar surface area (TPSA) is 102 Å². The highest BCUT2D eigenvalue weighted by molar-refractivity contribution is 7.92. The summed E-state index contributed by atoms with van der Waals surface area (Å²) in [5.41, 5.74) is -2.66. The van der Waals surface area contributed by atoms with E-state index in [0.717, 1.165) is 4.31 Å². The number of amides is 1. The molecule has 0 unspecified atom stereocenters. The Morgan fingerprint density at radius 1 is 1.33 bits per heavy atom. The molecule has 0 spiro atoms. The van der Waals surface area contributed by atoms with Crippen LogP contribution in [0.4, 0.5) is 29.3 Å². The van der Waals surface area contributed by atoms with Crippen molar-refractivity contribution in [1.82, 2.24) is 9.38 Å². The third-order valence-electron chi connectivity index (χ3n) is 4.77. The molecule has 15 heteroatoms. The fourth-order valence-corrected chi connectivity index (χ4v) is 5.89. The highest BCUT2D eigenvalue weighted by Crippen LogP contribution is 2.39. The third kappa shape index (κ3) is 4.17. The monoisotopic (exact) mass is 524 g/mol. The SMILES string of the molecule is CC(C)(OC(=O)Nc1ccc2c(c1)N(S(=O)(=O)c1c(Cl)nc3sccn13)CCO2)C(F)(F)F. The number of benzene rings is 1. The van der Waals surface area contributed by atoms with E-state index in [0.29, 0.717) is 18.8 Å². The van der Waals surface area contributed by atoms with Crippen molar-refractivity contribution in [3.63, 3.8) is 0 Å². The van der Waals surface area contributed by atoms with Gasteiger partial charge in [0.25, 0.3) is 10.0 Å². The Morgan fingerprint density at radius 2 is 2.06 bits per heavy atom. The summed E-state index contributed by atoms with van der Waals surface area (Å²) in [5.74, 6) is 0.196. The fraction of sp³-hybridized carbons (Fsp3) is 0.333. The van der Waals surface area contributed by atoms with Gasteiger partial charge in [0.15, 0.2) is 15.1 Å². The summed E-state index contributed by atoms with van der Waals surface area (Å²) in [5, 5.41) is 3.39. The molecule has 0 atom stereocenters. The summed E-state index contributed by atoms with van der Waals surface area (Å²) in [4.78, 5) is 16.5. The Balaban J connectivity index is 1.66. The number of imidazole rings is 1. The van der Waals surface area contributed by atoms with E-state index in [2.05, 4.69) is 15.0 Å². The molecule has 1 aliphatic heterocycles.